The van der Waals surface area contributed by atoms with E-state index in [1.807, 2.05) is 6.07 Å². The minimum Gasteiger partial charge on any atom is -0.456 e. The molecule has 0 spiro atoms. The van der Waals surface area contributed by atoms with Crippen molar-refractivity contribution in [2.75, 3.05) is 0 Å². The van der Waals surface area contributed by atoms with Crippen molar-refractivity contribution in [1.29, 1.82) is 0 Å². The predicted octanol–water partition coefficient (Wildman–Crippen LogP) is 18.1. The molecule has 0 unspecified atom stereocenters. The lowest BCUT2D eigenvalue weighted by Gasteiger charge is -2.15. The van der Waals surface area contributed by atoms with E-state index in [0.29, 0.717) is 17.5 Å². The first-order valence-electron chi connectivity index (χ1n) is 23.6. The zero-order valence-electron chi connectivity index (χ0n) is 37.7. The zero-order chi connectivity index (χ0) is 46.1. The highest BCUT2D eigenvalue weighted by Gasteiger charge is 2.21. The van der Waals surface area contributed by atoms with Crippen LogP contribution < -0.4 is 0 Å². The summed E-state index contributed by atoms with van der Waals surface area (Å²) in [5, 5.41) is 9.12. The molecule has 0 atom stereocenters. The maximum atomic E-state index is 6.87. The van der Waals surface area contributed by atoms with Gasteiger partial charge in [0, 0.05) is 47.6 Å². The largest absolute Gasteiger partial charge is 0.456 e. The Bertz CT molecular complexity index is 4350. The van der Waals surface area contributed by atoms with Gasteiger partial charge in [-0.15, -0.1) is 11.3 Å². The highest BCUT2D eigenvalue weighted by molar-refractivity contribution is 7.25. The van der Waals surface area contributed by atoms with E-state index in [1.54, 1.807) is 11.3 Å². The molecule has 0 N–H and O–H groups in total. The summed E-state index contributed by atoms with van der Waals surface area (Å²) >= 11 is 1.80. The van der Waals surface area contributed by atoms with Crippen LogP contribution in [0.4, 0.5) is 0 Å². The highest BCUT2D eigenvalue weighted by Crippen LogP contribution is 2.45. The molecule has 0 amide bonds. The number of rotatable bonds is 7. The maximum absolute atomic E-state index is 6.87. The molecule has 0 saturated carbocycles. The van der Waals surface area contributed by atoms with Crippen LogP contribution in [-0.4, -0.2) is 15.0 Å². The van der Waals surface area contributed by atoms with Crippen LogP contribution in [0.3, 0.4) is 0 Å². The SMILES string of the molecule is c1ccc(-c2ccc(-c3nc(-c4ccc5c(c4)sc4ccccc45)nc(-c4ccc(-c5cc(-c6cccc(-c7ccccc7)c6)cc6oc7cc8ccccc8cc7c56)c5ccccc45)n3)cc2)cc1. The molecule has 5 heteroatoms. The topological polar surface area (TPSA) is 51.8 Å². The van der Waals surface area contributed by atoms with Crippen LogP contribution in [0.5, 0.6) is 0 Å². The first kappa shape index (κ1) is 40.1. The smallest absolute Gasteiger partial charge is 0.164 e. The molecule has 70 heavy (non-hydrogen) atoms. The van der Waals surface area contributed by atoms with Gasteiger partial charge in [-0.05, 0) is 115 Å². The quantitative estimate of drug-likeness (QED) is 0.160. The lowest BCUT2D eigenvalue weighted by atomic mass is 9.89. The molecule has 0 saturated heterocycles. The van der Waals surface area contributed by atoms with E-state index in [0.717, 1.165) is 93.7 Å². The molecule has 11 aromatic carbocycles. The highest BCUT2D eigenvalue weighted by atomic mass is 32.1. The van der Waals surface area contributed by atoms with Gasteiger partial charge in [-0.25, -0.2) is 15.0 Å². The van der Waals surface area contributed by atoms with E-state index >= 15 is 0 Å². The van der Waals surface area contributed by atoms with Crippen LogP contribution in [0.15, 0.2) is 241 Å². The Hall–Kier alpha value is -9.03. The molecular formula is C65H39N3OS. The summed E-state index contributed by atoms with van der Waals surface area (Å²) in [4.78, 5) is 15.9. The van der Waals surface area contributed by atoms with Crippen molar-refractivity contribution in [3.05, 3.63) is 237 Å². The van der Waals surface area contributed by atoms with Gasteiger partial charge in [-0.1, -0.05) is 188 Å². The average Bonchev–Trinajstić information content (AvgIpc) is 3.99. The van der Waals surface area contributed by atoms with E-state index in [1.165, 1.54) is 31.1 Å². The molecule has 0 radical (unpaired) electrons. The molecule has 14 aromatic rings. The van der Waals surface area contributed by atoms with Gasteiger partial charge in [0.2, 0.25) is 0 Å². The third-order valence-electron chi connectivity index (χ3n) is 13.7. The summed E-state index contributed by atoms with van der Waals surface area (Å²) in [5.74, 6) is 1.86. The Balaban J connectivity index is 0.972. The van der Waals surface area contributed by atoms with Crippen molar-refractivity contribution in [2.45, 2.75) is 0 Å². The minimum atomic E-state index is 0.614. The van der Waals surface area contributed by atoms with Crippen molar-refractivity contribution in [3.63, 3.8) is 0 Å². The molecule has 0 aliphatic rings. The first-order chi connectivity index (χ1) is 34.6. The fourth-order valence-corrected chi connectivity index (χ4v) is 11.4. The van der Waals surface area contributed by atoms with Gasteiger partial charge >= 0.3 is 0 Å². The second-order valence-corrected chi connectivity index (χ2v) is 19.0. The van der Waals surface area contributed by atoms with Crippen LogP contribution in [0.2, 0.25) is 0 Å². The van der Waals surface area contributed by atoms with Gasteiger partial charge in [-0.2, -0.15) is 0 Å². The van der Waals surface area contributed by atoms with Gasteiger partial charge in [0.15, 0.2) is 17.5 Å². The van der Waals surface area contributed by atoms with Crippen molar-refractivity contribution < 1.29 is 4.42 Å². The third kappa shape index (κ3) is 6.86. The fraction of sp³-hybridized carbons (Fsp3) is 0. The van der Waals surface area contributed by atoms with Crippen molar-refractivity contribution >= 4 is 75.0 Å². The molecule has 0 aliphatic carbocycles. The second kappa shape index (κ2) is 16.3. The lowest BCUT2D eigenvalue weighted by Crippen LogP contribution is -2.01. The van der Waals surface area contributed by atoms with Gasteiger partial charge in [0.05, 0.1) is 0 Å². The molecule has 0 aliphatic heterocycles. The number of benzene rings is 11. The molecular weight excluding hydrogens is 871 g/mol. The van der Waals surface area contributed by atoms with E-state index in [-0.39, 0.29) is 0 Å². The molecule has 0 fully saturated rings. The van der Waals surface area contributed by atoms with Crippen LogP contribution in [0.1, 0.15) is 0 Å². The van der Waals surface area contributed by atoms with Crippen LogP contribution >= 0.6 is 11.3 Å². The summed E-state index contributed by atoms with van der Waals surface area (Å²) < 4.78 is 9.32. The Morgan fingerprint density at radius 3 is 1.59 bits per heavy atom. The Kier molecular flexibility index (Phi) is 9.36. The normalized spacial score (nSPS) is 11.7. The molecule has 14 rings (SSSR count). The van der Waals surface area contributed by atoms with Crippen molar-refractivity contribution in [3.8, 4) is 78.7 Å². The second-order valence-electron chi connectivity index (χ2n) is 17.9. The number of fused-ring (bicyclic) bond motifs is 8. The predicted molar refractivity (Wildman–Crippen MR) is 293 cm³/mol. The summed E-state index contributed by atoms with van der Waals surface area (Å²) in [5.41, 5.74) is 13.5. The molecule has 326 valence electrons. The van der Waals surface area contributed by atoms with E-state index in [4.69, 9.17) is 19.4 Å². The van der Waals surface area contributed by atoms with Crippen molar-refractivity contribution in [2.24, 2.45) is 0 Å². The van der Waals surface area contributed by atoms with Crippen LogP contribution in [0, 0.1) is 0 Å². The summed E-state index contributed by atoms with van der Waals surface area (Å²) in [7, 11) is 0. The van der Waals surface area contributed by atoms with Crippen LogP contribution in [0.25, 0.3) is 142 Å². The standard InChI is InChI=1S/C65H39N3OS/c1-3-14-40(15-4-1)42-26-28-43(29-27-42)63-66-64(48-30-31-54-53-24-11-12-25-60(53)70-61(54)39-48)68-65(67-63)55-33-32-52(50-22-9-10-23-51(50)55)56-36-49(45-21-13-20-44(34-45)41-16-5-2-6-17-41)38-59-62(56)57-35-46-18-7-8-19-47(46)37-58(57)69-59/h1-39H. The van der Waals surface area contributed by atoms with Crippen molar-refractivity contribution in [1.82, 2.24) is 15.0 Å². The first-order valence-corrected chi connectivity index (χ1v) is 24.4. The molecule has 3 heterocycles. The van der Waals surface area contributed by atoms with Gasteiger partial charge in [0.1, 0.15) is 11.2 Å². The third-order valence-corrected chi connectivity index (χ3v) is 14.9. The average molecular weight is 910 g/mol. The van der Waals surface area contributed by atoms with Gasteiger partial charge in [0.25, 0.3) is 0 Å². The van der Waals surface area contributed by atoms with E-state index in [2.05, 4.69) is 231 Å². The Labute approximate surface area is 407 Å². The molecule has 3 aromatic heterocycles. The maximum Gasteiger partial charge on any atom is 0.164 e. The molecule has 0 bridgehead atoms. The molecule has 4 nitrogen and oxygen atoms in total. The zero-order valence-corrected chi connectivity index (χ0v) is 38.5. The number of thiophene rings is 1. The number of furan rings is 1. The Morgan fingerprint density at radius 1 is 0.271 bits per heavy atom. The number of nitrogens with zero attached hydrogens (tertiary/aromatic N) is 3. The lowest BCUT2D eigenvalue weighted by molar-refractivity contribution is 0.669. The number of hydrogen-bond donors (Lipinski definition) is 0. The summed E-state index contributed by atoms with van der Waals surface area (Å²) in [6, 6.07) is 84.1. The fourth-order valence-electron chi connectivity index (χ4n) is 10.3. The number of hydrogen-bond acceptors (Lipinski definition) is 5. The number of aromatic nitrogens is 3. The van der Waals surface area contributed by atoms with Gasteiger partial charge < -0.3 is 4.42 Å². The van der Waals surface area contributed by atoms with E-state index in [9.17, 15) is 0 Å². The Morgan fingerprint density at radius 2 is 0.814 bits per heavy atom. The van der Waals surface area contributed by atoms with Crippen LogP contribution in [-0.2, 0) is 0 Å². The summed E-state index contributed by atoms with van der Waals surface area (Å²) in [6.45, 7) is 0. The van der Waals surface area contributed by atoms with Gasteiger partial charge in [-0.3, -0.25) is 0 Å². The summed E-state index contributed by atoms with van der Waals surface area (Å²) in [6.07, 6.45) is 0. The van der Waals surface area contributed by atoms with E-state index < -0.39 is 0 Å². The monoisotopic (exact) mass is 909 g/mol. The minimum absolute atomic E-state index is 0.614.